The Morgan fingerprint density at radius 2 is 2.38 bits per heavy atom. The third kappa shape index (κ3) is 2.84. The third-order valence-corrected chi connectivity index (χ3v) is 3.47. The summed E-state index contributed by atoms with van der Waals surface area (Å²) >= 11 is 3.38. The van der Waals surface area contributed by atoms with Crippen LogP contribution >= 0.6 is 15.9 Å². The lowest BCUT2D eigenvalue weighted by atomic mass is 9.83. The van der Waals surface area contributed by atoms with Gasteiger partial charge in [-0.2, -0.15) is 4.98 Å². The minimum Gasteiger partial charge on any atom is -0.477 e. The first-order chi connectivity index (χ1) is 7.79. The summed E-state index contributed by atoms with van der Waals surface area (Å²) in [7, 11) is 1.79. The van der Waals surface area contributed by atoms with Crippen LogP contribution in [0.25, 0.3) is 0 Å². The topological polar surface area (TPSA) is 47.0 Å². The Labute approximate surface area is 104 Å². The van der Waals surface area contributed by atoms with E-state index < -0.39 is 0 Å². The zero-order chi connectivity index (χ0) is 11.4. The second-order valence-corrected chi connectivity index (χ2v) is 4.89. The highest BCUT2D eigenvalue weighted by Crippen LogP contribution is 2.30. The van der Waals surface area contributed by atoms with Crippen LogP contribution in [0.3, 0.4) is 0 Å². The number of rotatable bonds is 5. The summed E-state index contributed by atoms with van der Waals surface area (Å²) < 4.78 is 6.45. The molecule has 1 aromatic heterocycles. The molecule has 1 saturated carbocycles. The average molecular weight is 286 g/mol. The van der Waals surface area contributed by atoms with Gasteiger partial charge < -0.3 is 10.1 Å². The highest BCUT2D eigenvalue weighted by Gasteiger charge is 2.17. The fourth-order valence-corrected chi connectivity index (χ4v) is 1.98. The van der Waals surface area contributed by atoms with Gasteiger partial charge >= 0.3 is 0 Å². The van der Waals surface area contributed by atoms with Gasteiger partial charge in [-0.05, 0) is 28.3 Å². The molecule has 0 spiro atoms. The molecule has 88 valence electrons. The zero-order valence-corrected chi connectivity index (χ0v) is 11.0. The van der Waals surface area contributed by atoms with E-state index in [4.69, 9.17) is 4.74 Å². The molecule has 0 amide bonds. The molecule has 1 aliphatic carbocycles. The predicted molar refractivity (Wildman–Crippen MR) is 66.7 cm³/mol. The molecule has 1 heterocycles. The lowest BCUT2D eigenvalue weighted by Crippen LogP contribution is -2.15. The van der Waals surface area contributed by atoms with Crippen molar-refractivity contribution in [2.45, 2.75) is 25.7 Å². The SMILES string of the molecule is CNc1ncc(Br)c(OCCC2CCC2)n1. The van der Waals surface area contributed by atoms with E-state index in [0.29, 0.717) is 11.8 Å². The summed E-state index contributed by atoms with van der Waals surface area (Å²) in [5.74, 6) is 2.07. The van der Waals surface area contributed by atoms with Crippen molar-refractivity contribution in [2.75, 3.05) is 19.0 Å². The molecule has 1 aliphatic rings. The van der Waals surface area contributed by atoms with E-state index in [1.807, 2.05) is 0 Å². The number of aromatic nitrogens is 2. The highest BCUT2D eigenvalue weighted by molar-refractivity contribution is 9.10. The Morgan fingerprint density at radius 1 is 1.56 bits per heavy atom. The molecule has 2 rings (SSSR count). The number of ether oxygens (including phenoxy) is 1. The Balaban J connectivity index is 1.86. The predicted octanol–water partition coefficient (Wildman–Crippen LogP) is 2.85. The maximum absolute atomic E-state index is 5.65. The molecule has 1 aromatic rings. The Kier molecular flexibility index (Phi) is 3.98. The first-order valence-electron chi connectivity index (χ1n) is 5.62. The van der Waals surface area contributed by atoms with Crippen LogP contribution in [0.5, 0.6) is 5.88 Å². The van der Waals surface area contributed by atoms with Gasteiger partial charge in [0, 0.05) is 7.05 Å². The molecule has 0 radical (unpaired) electrons. The lowest BCUT2D eigenvalue weighted by Gasteiger charge is -2.24. The van der Waals surface area contributed by atoms with Gasteiger partial charge in [0.25, 0.3) is 0 Å². The lowest BCUT2D eigenvalue weighted by molar-refractivity contribution is 0.216. The number of hydrogen-bond donors (Lipinski definition) is 1. The van der Waals surface area contributed by atoms with Crippen molar-refractivity contribution in [1.29, 1.82) is 0 Å². The van der Waals surface area contributed by atoms with Crippen molar-refractivity contribution in [3.8, 4) is 5.88 Å². The van der Waals surface area contributed by atoms with Crippen molar-refractivity contribution in [3.63, 3.8) is 0 Å². The van der Waals surface area contributed by atoms with E-state index in [9.17, 15) is 0 Å². The summed E-state index contributed by atoms with van der Waals surface area (Å²) in [5, 5.41) is 2.89. The van der Waals surface area contributed by atoms with Crippen LogP contribution in [0, 0.1) is 5.92 Å². The minimum atomic E-state index is 0.585. The maximum atomic E-state index is 5.65. The summed E-state index contributed by atoms with van der Waals surface area (Å²) in [5.41, 5.74) is 0. The molecular weight excluding hydrogens is 270 g/mol. The van der Waals surface area contributed by atoms with Crippen molar-refractivity contribution in [2.24, 2.45) is 5.92 Å². The van der Waals surface area contributed by atoms with E-state index in [2.05, 4.69) is 31.2 Å². The standard InChI is InChI=1S/C11H16BrN3O/c1-13-11-14-7-9(12)10(15-11)16-6-5-8-3-2-4-8/h7-8H,2-6H2,1H3,(H,13,14,15). The van der Waals surface area contributed by atoms with E-state index >= 15 is 0 Å². The van der Waals surface area contributed by atoms with Crippen molar-refractivity contribution in [3.05, 3.63) is 10.7 Å². The third-order valence-electron chi connectivity index (χ3n) is 2.93. The van der Waals surface area contributed by atoms with E-state index in [1.54, 1.807) is 13.2 Å². The second kappa shape index (κ2) is 5.48. The van der Waals surface area contributed by atoms with Gasteiger partial charge in [-0.1, -0.05) is 19.3 Å². The molecule has 0 aliphatic heterocycles. The molecule has 0 aromatic carbocycles. The molecule has 1 fully saturated rings. The monoisotopic (exact) mass is 285 g/mol. The van der Waals surface area contributed by atoms with Crippen molar-refractivity contribution < 1.29 is 4.74 Å². The summed E-state index contributed by atoms with van der Waals surface area (Å²) in [6, 6.07) is 0. The largest absolute Gasteiger partial charge is 0.477 e. The molecular formula is C11H16BrN3O. The van der Waals surface area contributed by atoms with Gasteiger partial charge in [-0.15, -0.1) is 0 Å². The Morgan fingerprint density at radius 3 is 3.00 bits per heavy atom. The number of halogens is 1. The number of anilines is 1. The quantitative estimate of drug-likeness (QED) is 0.904. The van der Waals surface area contributed by atoms with Gasteiger partial charge in [-0.3, -0.25) is 0 Å². The molecule has 16 heavy (non-hydrogen) atoms. The number of hydrogen-bond acceptors (Lipinski definition) is 4. The summed E-state index contributed by atoms with van der Waals surface area (Å²) in [4.78, 5) is 8.32. The highest BCUT2D eigenvalue weighted by atomic mass is 79.9. The van der Waals surface area contributed by atoms with Crippen LogP contribution in [0.4, 0.5) is 5.95 Å². The van der Waals surface area contributed by atoms with Gasteiger partial charge in [-0.25, -0.2) is 4.98 Å². The smallest absolute Gasteiger partial charge is 0.232 e. The maximum Gasteiger partial charge on any atom is 0.232 e. The molecule has 1 N–H and O–H groups in total. The normalized spacial score (nSPS) is 15.6. The van der Waals surface area contributed by atoms with Gasteiger partial charge in [0.1, 0.15) is 0 Å². The number of nitrogens with one attached hydrogen (secondary N) is 1. The Hall–Kier alpha value is -0.840. The van der Waals surface area contributed by atoms with E-state index in [-0.39, 0.29) is 0 Å². The first-order valence-corrected chi connectivity index (χ1v) is 6.42. The molecule has 5 heteroatoms. The zero-order valence-electron chi connectivity index (χ0n) is 9.37. The van der Waals surface area contributed by atoms with Gasteiger partial charge in [0.15, 0.2) is 0 Å². The molecule has 0 atom stereocenters. The van der Waals surface area contributed by atoms with Crippen LogP contribution in [-0.2, 0) is 0 Å². The number of nitrogens with zero attached hydrogens (tertiary/aromatic N) is 2. The summed E-state index contributed by atoms with van der Waals surface area (Å²) in [6.07, 6.45) is 6.93. The van der Waals surface area contributed by atoms with E-state index in [0.717, 1.165) is 23.4 Å². The van der Waals surface area contributed by atoms with E-state index in [1.165, 1.54) is 19.3 Å². The summed E-state index contributed by atoms with van der Waals surface area (Å²) in [6.45, 7) is 0.740. The average Bonchev–Trinajstić information content (AvgIpc) is 2.24. The van der Waals surface area contributed by atoms with Crippen LogP contribution in [-0.4, -0.2) is 23.6 Å². The Bertz CT molecular complexity index is 355. The van der Waals surface area contributed by atoms with Gasteiger partial charge in [0.2, 0.25) is 11.8 Å². The van der Waals surface area contributed by atoms with Crippen LogP contribution < -0.4 is 10.1 Å². The molecule has 4 nitrogen and oxygen atoms in total. The first kappa shape index (κ1) is 11.6. The van der Waals surface area contributed by atoms with Crippen molar-refractivity contribution >= 4 is 21.9 Å². The molecule has 0 saturated heterocycles. The fraction of sp³-hybridized carbons (Fsp3) is 0.636. The minimum absolute atomic E-state index is 0.585. The van der Waals surface area contributed by atoms with Crippen LogP contribution in [0.15, 0.2) is 10.7 Å². The molecule has 0 bridgehead atoms. The fourth-order valence-electron chi connectivity index (χ4n) is 1.68. The van der Waals surface area contributed by atoms with Crippen LogP contribution in [0.1, 0.15) is 25.7 Å². The van der Waals surface area contributed by atoms with Crippen molar-refractivity contribution in [1.82, 2.24) is 9.97 Å². The van der Waals surface area contributed by atoms with Gasteiger partial charge in [0.05, 0.1) is 17.3 Å². The van der Waals surface area contributed by atoms with Crippen LogP contribution in [0.2, 0.25) is 0 Å². The molecule has 0 unspecified atom stereocenters. The second-order valence-electron chi connectivity index (χ2n) is 4.03.